The molecule has 0 radical (unpaired) electrons. The van der Waals surface area contributed by atoms with Gasteiger partial charge >= 0.3 is 0 Å². The minimum atomic E-state index is 0.118. The highest BCUT2D eigenvalue weighted by Gasteiger charge is 2.20. The van der Waals surface area contributed by atoms with Crippen LogP contribution in [0.15, 0.2) is 54.6 Å². The molecular formula is C23H31N3O2. The molecule has 0 aromatic heterocycles. The maximum absolute atomic E-state index is 12.4. The zero-order chi connectivity index (χ0) is 19.8. The molecule has 1 heterocycles. The van der Waals surface area contributed by atoms with Gasteiger partial charge in [0.25, 0.3) is 0 Å². The molecule has 1 fully saturated rings. The number of ether oxygens (including phenoxy) is 1. The van der Waals surface area contributed by atoms with Crippen molar-refractivity contribution in [3.05, 3.63) is 60.2 Å². The molecule has 1 aliphatic heterocycles. The Balaban J connectivity index is 1.42. The van der Waals surface area contributed by atoms with Crippen molar-refractivity contribution in [3.63, 3.8) is 0 Å². The van der Waals surface area contributed by atoms with Gasteiger partial charge < -0.3 is 15.0 Å². The number of carbonyl (C=O) groups is 1. The number of carbonyl (C=O) groups excluding carboxylic acids is 1. The van der Waals surface area contributed by atoms with Crippen LogP contribution in [-0.4, -0.2) is 57.2 Å². The zero-order valence-corrected chi connectivity index (χ0v) is 16.9. The van der Waals surface area contributed by atoms with Crippen LogP contribution in [0.5, 0.6) is 5.75 Å². The molecule has 5 heteroatoms. The predicted octanol–water partition coefficient (Wildman–Crippen LogP) is 3.13. The van der Waals surface area contributed by atoms with Gasteiger partial charge in [-0.3, -0.25) is 9.69 Å². The number of methoxy groups -OCH3 is 1. The first-order chi connectivity index (χ1) is 13.7. The smallest absolute Gasteiger partial charge is 0.234 e. The normalized spacial score (nSPS) is 15.9. The standard InChI is InChI=1S/C23H31N3O2/c1-3-19(20-7-5-4-6-8-20)17-24-23(27)18-25-13-15-26(16-14-25)21-9-11-22(28-2)12-10-21/h4-12,19H,3,13-18H2,1-2H3,(H,24,27)/t19-/m0/s1. The van der Waals surface area contributed by atoms with E-state index in [0.717, 1.165) is 38.3 Å². The van der Waals surface area contributed by atoms with E-state index < -0.39 is 0 Å². The van der Waals surface area contributed by atoms with Crippen molar-refractivity contribution in [3.8, 4) is 5.75 Å². The third kappa shape index (κ3) is 5.49. The largest absolute Gasteiger partial charge is 0.497 e. The lowest BCUT2D eigenvalue weighted by atomic mass is 9.96. The third-order valence-electron chi connectivity index (χ3n) is 5.49. The second-order valence-corrected chi connectivity index (χ2v) is 7.28. The Labute approximate surface area is 168 Å². The molecule has 0 spiro atoms. The summed E-state index contributed by atoms with van der Waals surface area (Å²) in [5.41, 5.74) is 2.50. The molecule has 1 atom stereocenters. The summed E-state index contributed by atoms with van der Waals surface area (Å²) in [5, 5.41) is 3.13. The van der Waals surface area contributed by atoms with Crippen molar-refractivity contribution in [2.24, 2.45) is 0 Å². The average molecular weight is 382 g/mol. The summed E-state index contributed by atoms with van der Waals surface area (Å²) in [6.07, 6.45) is 1.02. The fraction of sp³-hybridized carbons (Fsp3) is 0.435. The number of hydrogen-bond donors (Lipinski definition) is 1. The number of rotatable bonds is 8. The van der Waals surface area contributed by atoms with Crippen LogP contribution in [-0.2, 0) is 4.79 Å². The van der Waals surface area contributed by atoms with E-state index in [9.17, 15) is 4.79 Å². The van der Waals surface area contributed by atoms with Crippen molar-refractivity contribution in [1.82, 2.24) is 10.2 Å². The van der Waals surface area contributed by atoms with Gasteiger partial charge in [0.05, 0.1) is 13.7 Å². The molecule has 2 aromatic carbocycles. The first-order valence-corrected chi connectivity index (χ1v) is 10.1. The lowest BCUT2D eigenvalue weighted by molar-refractivity contribution is -0.122. The van der Waals surface area contributed by atoms with Crippen molar-refractivity contribution in [2.75, 3.05) is 51.3 Å². The van der Waals surface area contributed by atoms with E-state index in [1.54, 1.807) is 7.11 Å². The molecule has 0 aliphatic carbocycles. The summed E-state index contributed by atoms with van der Waals surface area (Å²) < 4.78 is 5.22. The SMILES string of the molecule is CC[C@@H](CNC(=O)CN1CCN(c2ccc(OC)cc2)CC1)c1ccccc1. The Morgan fingerprint density at radius 3 is 2.32 bits per heavy atom. The van der Waals surface area contributed by atoms with Crippen LogP contribution in [0.1, 0.15) is 24.8 Å². The minimum Gasteiger partial charge on any atom is -0.497 e. The zero-order valence-electron chi connectivity index (χ0n) is 16.9. The Kier molecular flexibility index (Phi) is 7.31. The van der Waals surface area contributed by atoms with Gasteiger partial charge in [-0.15, -0.1) is 0 Å². The molecular weight excluding hydrogens is 350 g/mol. The van der Waals surface area contributed by atoms with Gasteiger partial charge in [-0.2, -0.15) is 0 Å². The first kappa shape index (κ1) is 20.2. The second kappa shape index (κ2) is 10.1. The lowest BCUT2D eigenvalue weighted by Gasteiger charge is -2.35. The maximum atomic E-state index is 12.4. The molecule has 1 aliphatic rings. The van der Waals surface area contributed by atoms with Crippen molar-refractivity contribution < 1.29 is 9.53 Å². The molecule has 0 unspecified atom stereocenters. The van der Waals surface area contributed by atoms with Crippen LogP contribution in [0.2, 0.25) is 0 Å². The van der Waals surface area contributed by atoms with Crippen LogP contribution < -0.4 is 15.0 Å². The number of nitrogens with one attached hydrogen (secondary N) is 1. The molecule has 5 nitrogen and oxygen atoms in total. The van der Waals surface area contributed by atoms with E-state index in [-0.39, 0.29) is 5.91 Å². The minimum absolute atomic E-state index is 0.118. The molecule has 0 bridgehead atoms. The van der Waals surface area contributed by atoms with E-state index in [4.69, 9.17) is 4.74 Å². The van der Waals surface area contributed by atoms with Crippen LogP contribution in [0, 0.1) is 0 Å². The number of piperazine rings is 1. The van der Waals surface area contributed by atoms with Gasteiger partial charge in [-0.1, -0.05) is 37.3 Å². The summed E-state index contributed by atoms with van der Waals surface area (Å²) in [6, 6.07) is 18.6. The van der Waals surface area contributed by atoms with Gasteiger partial charge in [0.15, 0.2) is 0 Å². The van der Waals surface area contributed by atoms with Crippen molar-refractivity contribution in [1.29, 1.82) is 0 Å². The highest BCUT2D eigenvalue weighted by atomic mass is 16.5. The van der Waals surface area contributed by atoms with E-state index in [1.807, 2.05) is 18.2 Å². The molecule has 1 N–H and O–H groups in total. The van der Waals surface area contributed by atoms with Crippen molar-refractivity contribution >= 4 is 11.6 Å². The Hall–Kier alpha value is -2.53. The van der Waals surface area contributed by atoms with Crippen LogP contribution in [0.25, 0.3) is 0 Å². The molecule has 3 rings (SSSR count). The van der Waals surface area contributed by atoms with Crippen LogP contribution >= 0.6 is 0 Å². The molecule has 1 saturated heterocycles. The highest BCUT2D eigenvalue weighted by Crippen LogP contribution is 2.20. The van der Waals surface area contributed by atoms with E-state index in [2.05, 4.69) is 58.4 Å². The number of hydrogen-bond acceptors (Lipinski definition) is 4. The van der Waals surface area contributed by atoms with Gasteiger partial charge in [0, 0.05) is 44.3 Å². The molecule has 2 aromatic rings. The average Bonchev–Trinajstić information content (AvgIpc) is 2.75. The number of anilines is 1. The highest BCUT2D eigenvalue weighted by molar-refractivity contribution is 5.78. The second-order valence-electron chi connectivity index (χ2n) is 7.28. The third-order valence-corrected chi connectivity index (χ3v) is 5.49. The molecule has 28 heavy (non-hydrogen) atoms. The van der Waals surface area contributed by atoms with Gasteiger partial charge in [-0.25, -0.2) is 0 Å². The van der Waals surface area contributed by atoms with Gasteiger partial charge in [0.1, 0.15) is 5.75 Å². The number of amides is 1. The predicted molar refractivity (Wildman–Crippen MR) is 114 cm³/mol. The Morgan fingerprint density at radius 1 is 1.04 bits per heavy atom. The Bertz CT molecular complexity index is 725. The lowest BCUT2D eigenvalue weighted by Crippen LogP contribution is -2.49. The van der Waals surface area contributed by atoms with Gasteiger partial charge in [0.2, 0.25) is 5.91 Å². The van der Waals surface area contributed by atoms with Crippen LogP contribution in [0.4, 0.5) is 5.69 Å². The van der Waals surface area contributed by atoms with E-state index in [0.29, 0.717) is 19.0 Å². The summed E-state index contributed by atoms with van der Waals surface area (Å²) in [5.74, 6) is 1.37. The van der Waals surface area contributed by atoms with Gasteiger partial charge in [-0.05, 0) is 36.2 Å². The fourth-order valence-corrected chi connectivity index (χ4v) is 3.68. The van der Waals surface area contributed by atoms with Crippen LogP contribution in [0.3, 0.4) is 0 Å². The number of nitrogens with zero attached hydrogens (tertiary/aromatic N) is 2. The topological polar surface area (TPSA) is 44.8 Å². The maximum Gasteiger partial charge on any atom is 0.234 e. The Morgan fingerprint density at radius 2 is 1.71 bits per heavy atom. The van der Waals surface area contributed by atoms with E-state index >= 15 is 0 Å². The van der Waals surface area contributed by atoms with Crippen molar-refractivity contribution in [2.45, 2.75) is 19.3 Å². The fourth-order valence-electron chi connectivity index (χ4n) is 3.68. The molecule has 150 valence electrons. The summed E-state index contributed by atoms with van der Waals surface area (Å²) >= 11 is 0. The molecule has 0 saturated carbocycles. The van der Waals surface area contributed by atoms with E-state index in [1.165, 1.54) is 11.3 Å². The quantitative estimate of drug-likeness (QED) is 0.763. The monoisotopic (exact) mass is 381 g/mol. The number of benzene rings is 2. The summed E-state index contributed by atoms with van der Waals surface area (Å²) in [6.45, 7) is 7.00. The first-order valence-electron chi connectivity index (χ1n) is 10.1. The summed E-state index contributed by atoms with van der Waals surface area (Å²) in [4.78, 5) is 17.0. The summed E-state index contributed by atoms with van der Waals surface area (Å²) in [7, 11) is 1.68. The molecule has 1 amide bonds.